The Bertz CT molecular complexity index is 380. The van der Waals surface area contributed by atoms with Crippen LogP contribution in [-0.2, 0) is 0 Å². The van der Waals surface area contributed by atoms with E-state index in [9.17, 15) is 4.39 Å². The molecule has 3 heteroatoms. The Hall–Kier alpha value is -1.09. The van der Waals surface area contributed by atoms with Crippen LogP contribution in [0.1, 0.15) is 31.7 Å². The van der Waals surface area contributed by atoms with Crippen LogP contribution < -0.4 is 10.1 Å². The average Bonchev–Trinajstić information content (AvgIpc) is 2.72. The van der Waals surface area contributed by atoms with Gasteiger partial charge in [0.2, 0.25) is 0 Å². The lowest BCUT2D eigenvalue weighted by Crippen LogP contribution is -2.27. The molecule has 0 bridgehead atoms. The first kappa shape index (κ1) is 12.4. The molecule has 0 amide bonds. The lowest BCUT2D eigenvalue weighted by Gasteiger charge is -2.15. The second-order valence-electron chi connectivity index (χ2n) is 4.72. The lowest BCUT2D eigenvalue weighted by molar-refractivity contribution is 0.206. The van der Waals surface area contributed by atoms with Gasteiger partial charge in [0.05, 0.1) is 0 Å². The fourth-order valence-electron chi connectivity index (χ4n) is 2.40. The van der Waals surface area contributed by atoms with Crippen molar-refractivity contribution in [3.05, 3.63) is 29.6 Å². The highest BCUT2D eigenvalue weighted by atomic mass is 19.1. The van der Waals surface area contributed by atoms with Gasteiger partial charge in [-0.25, -0.2) is 4.39 Å². The van der Waals surface area contributed by atoms with Gasteiger partial charge in [0.15, 0.2) is 0 Å². The predicted octanol–water partition coefficient (Wildman–Crippen LogP) is 3.04. The molecular weight excluding hydrogens is 217 g/mol. The zero-order chi connectivity index (χ0) is 12.3. The summed E-state index contributed by atoms with van der Waals surface area (Å²) in [5.41, 5.74) is 0.642. The Labute approximate surface area is 102 Å². The number of hydrogen-bond donors (Lipinski definition) is 1. The molecule has 0 aliphatic heterocycles. The van der Waals surface area contributed by atoms with Crippen molar-refractivity contribution in [2.24, 2.45) is 0 Å². The predicted molar refractivity (Wildman–Crippen MR) is 66.9 cm³/mol. The number of rotatable bonds is 4. The fraction of sp³-hybridized carbons (Fsp3) is 0.571. The molecule has 94 valence electrons. The monoisotopic (exact) mass is 237 g/mol. The quantitative estimate of drug-likeness (QED) is 0.869. The van der Waals surface area contributed by atoms with E-state index in [1.54, 1.807) is 19.1 Å². The molecular formula is C14H20FNO. The van der Waals surface area contributed by atoms with Gasteiger partial charge in [-0.3, -0.25) is 0 Å². The number of aryl methyl sites for hydroxylation is 1. The highest BCUT2D eigenvalue weighted by Crippen LogP contribution is 2.25. The standard InChI is InChI=1S/C14H20FNO/c1-3-16-11-4-5-13(9-11)17-12-6-7-14(15)10(2)8-12/h6-8,11,13,16H,3-5,9H2,1-2H3. The normalized spacial score (nSPS) is 23.9. The molecule has 2 atom stereocenters. The van der Waals surface area contributed by atoms with E-state index >= 15 is 0 Å². The van der Waals surface area contributed by atoms with Gasteiger partial charge >= 0.3 is 0 Å². The van der Waals surface area contributed by atoms with Crippen LogP contribution in [0.2, 0.25) is 0 Å². The number of nitrogens with one attached hydrogen (secondary N) is 1. The number of benzene rings is 1. The van der Waals surface area contributed by atoms with E-state index < -0.39 is 0 Å². The summed E-state index contributed by atoms with van der Waals surface area (Å²) in [6.45, 7) is 4.89. The average molecular weight is 237 g/mol. The van der Waals surface area contributed by atoms with E-state index in [1.807, 2.05) is 0 Å². The summed E-state index contributed by atoms with van der Waals surface area (Å²) in [5.74, 6) is 0.611. The largest absolute Gasteiger partial charge is 0.490 e. The van der Waals surface area contributed by atoms with Crippen LogP contribution in [0, 0.1) is 12.7 Å². The van der Waals surface area contributed by atoms with Crippen molar-refractivity contribution < 1.29 is 9.13 Å². The Morgan fingerprint density at radius 2 is 2.24 bits per heavy atom. The Morgan fingerprint density at radius 1 is 1.41 bits per heavy atom. The van der Waals surface area contributed by atoms with E-state index in [4.69, 9.17) is 4.74 Å². The molecule has 0 saturated heterocycles. The number of hydrogen-bond acceptors (Lipinski definition) is 2. The summed E-state index contributed by atoms with van der Waals surface area (Å²) in [7, 11) is 0. The van der Waals surface area contributed by atoms with E-state index in [-0.39, 0.29) is 11.9 Å². The fourth-order valence-corrected chi connectivity index (χ4v) is 2.40. The van der Waals surface area contributed by atoms with Crippen LogP contribution in [0.5, 0.6) is 5.75 Å². The van der Waals surface area contributed by atoms with Crippen LogP contribution >= 0.6 is 0 Å². The highest BCUT2D eigenvalue weighted by Gasteiger charge is 2.25. The summed E-state index contributed by atoms with van der Waals surface area (Å²) in [6, 6.07) is 5.53. The summed E-state index contributed by atoms with van der Waals surface area (Å²) < 4.78 is 19.0. The molecule has 1 N–H and O–H groups in total. The molecule has 17 heavy (non-hydrogen) atoms. The minimum absolute atomic E-state index is 0.172. The first-order valence-electron chi connectivity index (χ1n) is 6.35. The van der Waals surface area contributed by atoms with Crippen LogP contribution in [0.3, 0.4) is 0 Å². The van der Waals surface area contributed by atoms with Crippen LogP contribution in [0.4, 0.5) is 4.39 Å². The summed E-state index contributed by atoms with van der Waals surface area (Å²) in [4.78, 5) is 0. The van der Waals surface area contributed by atoms with Gasteiger partial charge in [0, 0.05) is 6.04 Å². The van der Waals surface area contributed by atoms with Crippen LogP contribution in [-0.4, -0.2) is 18.7 Å². The van der Waals surface area contributed by atoms with E-state index in [2.05, 4.69) is 12.2 Å². The Balaban J connectivity index is 1.91. The zero-order valence-electron chi connectivity index (χ0n) is 10.5. The summed E-state index contributed by atoms with van der Waals surface area (Å²) in [6.07, 6.45) is 3.56. The minimum atomic E-state index is -0.172. The Kier molecular flexibility index (Phi) is 4.00. The number of halogens is 1. The molecule has 0 aromatic heterocycles. The van der Waals surface area contributed by atoms with Crippen molar-refractivity contribution >= 4 is 0 Å². The van der Waals surface area contributed by atoms with Gasteiger partial charge in [-0.15, -0.1) is 0 Å². The lowest BCUT2D eigenvalue weighted by atomic mass is 10.2. The maximum Gasteiger partial charge on any atom is 0.126 e. The van der Waals surface area contributed by atoms with Gasteiger partial charge in [0.25, 0.3) is 0 Å². The van der Waals surface area contributed by atoms with Crippen LogP contribution in [0.25, 0.3) is 0 Å². The summed E-state index contributed by atoms with van der Waals surface area (Å²) in [5, 5.41) is 3.44. The summed E-state index contributed by atoms with van der Waals surface area (Å²) >= 11 is 0. The molecule has 1 aromatic carbocycles. The van der Waals surface area contributed by atoms with Crippen molar-refractivity contribution in [2.75, 3.05) is 6.54 Å². The zero-order valence-corrected chi connectivity index (χ0v) is 10.5. The molecule has 0 radical (unpaired) electrons. The molecule has 0 heterocycles. The van der Waals surface area contributed by atoms with Crippen molar-refractivity contribution in [2.45, 2.75) is 45.3 Å². The number of ether oxygens (including phenoxy) is 1. The van der Waals surface area contributed by atoms with Gasteiger partial charge < -0.3 is 10.1 Å². The third-order valence-electron chi connectivity index (χ3n) is 3.31. The molecule has 2 unspecified atom stereocenters. The van der Waals surface area contributed by atoms with Gasteiger partial charge in [-0.2, -0.15) is 0 Å². The molecule has 1 aliphatic carbocycles. The van der Waals surface area contributed by atoms with Crippen molar-refractivity contribution in [1.82, 2.24) is 5.32 Å². The first-order chi connectivity index (χ1) is 8.19. The highest BCUT2D eigenvalue weighted by molar-refractivity contribution is 5.29. The molecule has 1 fully saturated rings. The molecule has 1 aromatic rings. The molecule has 2 nitrogen and oxygen atoms in total. The molecule has 1 saturated carbocycles. The maximum absolute atomic E-state index is 13.1. The second-order valence-corrected chi connectivity index (χ2v) is 4.72. The second kappa shape index (κ2) is 5.50. The smallest absolute Gasteiger partial charge is 0.126 e. The maximum atomic E-state index is 13.1. The Morgan fingerprint density at radius 3 is 2.94 bits per heavy atom. The topological polar surface area (TPSA) is 21.3 Å². The van der Waals surface area contributed by atoms with Gasteiger partial charge in [0.1, 0.15) is 17.7 Å². The van der Waals surface area contributed by atoms with Gasteiger partial charge in [-0.1, -0.05) is 6.92 Å². The SMILES string of the molecule is CCNC1CCC(Oc2ccc(F)c(C)c2)C1. The minimum Gasteiger partial charge on any atom is -0.490 e. The molecule has 1 aliphatic rings. The third-order valence-corrected chi connectivity index (χ3v) is 3.31. The molecule has 0 spiro atoms. The van der Waals surface area contributed by atoms with Crippen LogP contribution in [0.15, 0.2) is 18.2 Å². The first-order valence-corrected chi connectivity index (χ1v) is 6.35. The van der Waals surface area contributed by atoms with E-state index in [0.29, 0.717) is 11.6 Å². The van der Waals surface area contributed by atoms with Gasteiger partial charge in [-0.05, 0) is 56.5 Å². The van der Waals surface area contributed by atoms with Crippen molar-refractivity contribution in [3.8, 4) is 5.75 Å². The third kappa shape index (κ3) is 3.19. The van der Waals surface area contributed by atoms with Crippen molar-refractivity contribution in [1.29, 1.82) is 0 Å². The van der Waals surface area contributed by atoms with E-state index in [1.165, 1.54) is 12.5 Å². The molecule has 2 rings (SSSR count). The van der Waals surface area contributed by atoms with E-state index in [0.717, 1.165) is 25.1 Å². The van der Waals surface area contributed by atoms with Crippen molar-refractivity contribution in [3.63, 3.8) is 0 Å².